The molecule has 1 saturated heterocycles. The molecule has 1 aliphatic heterocycles. The van der Waals surface area contributed by atoms with E-state index in [0.717, 1.165) is 47.6 Å². The van der Waals surface area contributed by atoms with Gasteiger partial charge in [0.2, 0.25) is 5.82 Å². The molecule has 0 unspecified atom stereocenters. The van der Waals surface area contributed by atoms with Gasteiger partial charge in [-0.3, -0.25) is 4.79 Å². The average molecular weight is 384 g/mol. The summed E-state index contributed by atoms with van der Waals surface area (Å²) in [6.07, 6.45) is 5.80. The lowest BCUT2D eigenvalue weighted by atomic mass is 9.87. The van der Waals surface area contributed by atoms with Crippen molar-refractivity contribution in [2.45, 2.75) is 58.8 Å². The van der Waals surface area contributed by atoms with E-state index >= 15 is 0 Å². The molecular formula is C20H25N5OS. The van der Waals surface area contributed by atoms with Gasteiger partial charge in [0.05, 0.1) is 5.39 Å². The van der Waals surface area contributed by atoms with Crippen LogP contribution < -0.4 is 0 Å². The van der Waals surface area contributed by atoms with Crippen molar-refractivity contribution in [2.24, 2.45) is 5.92 Å². The third-order valence-corrected chi connectivity index (χ3v) is 7.23. The van der Waals surface area contributed by atoms with E-state index in [0.29, 0.717) is 17.7 Å². The Labute approximate surface area is 162 Å². The summed E-state index contributed by atoms with van der Waals surface area (Å²) in [5.74, 6) is 2.11. The van der Waals surface area contributed by atoms with Crippen molar-refractivity contribution in [1.29, 1.82) is 0 Å². The maximum absolute atomic E-state index is 13.0. The number of nitrogens with zero attached hydrogens (tertiary/aromatic N) is 5. The first-order chi connectivity index (χ1) is 13.0. The molecular weight excluding hydrogens is 358 g/mol. The van der Waals surface area contributed by atoms with Crippen molar-refractivity contribution in [3.63, 3.8) is 0 Å². The van der Waals surface area contributed by atoms with E-state index in [9.17, 15) is 4.79 Å². The van der Waals surface area contributed by atoms with Gasteiger partial charge < -0.3 is 4.90 Å². The van der Waals surface area contributed by atoms with E-state index in [1.807, 2.05) is 11.8 Å². The summed E-state index contributed by atoms with van der Waals surface area (Å²) in [6, 6.07) is 0. The lowest BCUT2D eigenvalue weighted by Crippen LogP contribution is -2.39. The van der Waals surface area contributed by atoms with Crippen LogP contribution in [0.5, 0.6) is 0 Å². The summed E-state index contributed by atoms with van der Waals surface area (Å²) in [5, 5.41) is 5.69. The number of fused-ring (bicyclic) bond motifs is 5. The minimum absolute atomic E-state index is 0.0463. The van der Waals surface area contributed by atoms with Gasteiger partial charge in [-0.2, -0.15) is 4.52 Å². The third kappa shape index (κ3) is 2.66. The Morgan fingerprint density at radius 1 is 1.19 bits per heavy atom. The maximum Gasteiger partial charge on any atom is 0.293 e. The molecule has 1 amide bonds. The maximum atomic E-state index is 13.0. The fourth-order valence-electron chi connectivity index (χ4n) is 4.69. The zero-order valence-corrected chi connectivity index (χ0v) is 17.0. The second kappa shape index (κ2) is 6.26. The van der Waals surface area contributed by atoms with E-state index in [1.165, 1.54) is 29.7 Å². The number of thiophene rings is 1. The van der Waals surface area contributed by atoms with Crippen molar-refractivity contribution in [2.75, 3.05) is 13.1 Å². The average Bonchev–Trinajstić information content (AvgIpc) is 3.23. The Balaban J connectivity index is 1.66. The summed E-state index contributed by atoms with van der Waals surface area (Å²) in [7, 11) is 0. The molecule has 0 aromatic carbocycles. The molecule has 0 radical (unpaired) electrons. The van der Waals surface area contributed by atoms with Gasteiger partial charge >= 0.3 is 0 Å². The first-order valence-electron chi connectivity index (χ1n) is 10.0. The molecule has 4 heterocycles. The molecule has 7 heteroatoms. The Hall–Kier alpha value is -2.02. The summed E-state index contributed by atoms with van der Waals surface area (Å²) in [5.41, 5.74) is 2.19. The van der Waals surface area contributed by atoms with E-state index < -0.39 is 0 Å². The van der Waals surface area contributed by atoms with Gasteiger partial charge in [0.25, 0.3) is 5.91 Å². The molecule has 2 aliphatic rings. The highest BCUT2D eigenvalue weighted by atomic mass is 32.1. The molecule has 6 nitrogen and oxygen atoms in total. The minimum Gasteiger partial charge on any atom is -0.336 e. The molecule has 1 fully saturated rings. The lowest BCUT2D eigenvalue weighted by Gasteiger charge is -2.29. The molecule has 0 bridgehead atoms. The van der Waals surface area contributed by atoms with E-state index in [-0.39, 0.29) is 5.91 Å². The molecule has 5 rings (SSSR count). The summed E-state index contributed by atoms with van der Waals surface area (Å²) < 4.78 is 1.78. The number of aromatic nitrogens is 4. The van der Waals surface area contributed by atoms with Gasteiger partial charge in [0.15, 0.2) is 5.65 Å². The van der Waals surface area contributed by atoms with Crippen LogP contribution in [0.3, 0.4) is 0 Å². The van der Waals surface area contributed by atoms with Crippen LogP contribution in [0.15, 0.2) is 0 Å². The fourth-order valence-corrected chi connectivity index (χ4v) is 6.07. The van der Waals surface area contributed by atoms with Gasteiger partial charge in [0, 0.05) is 18.0 Å². The molecule has 0 N–H and O–H groups in total. The molecule has 2 atom stereocenters. The van der Waals surface area contributed by atoms with Crippen molar-refractivity contribution >= 4 is 33.1 Å². The van der Waals surface area contributed by atoms with Gasteiger partial charge in [-0.25, -0.2) is 9.97 Å². The first-order valence-corrected chi connectivity index (χ1v) is 10.8. The number of likely N-dealkylation sites (tertiary alicyclic amines) is 1. The molecule has 0 spiro atoms. The van der Waals surface area contributed by atoms with Crippen molar-refractivity contribution in [3.05, 3.63) is 22.1 Å². The minimum atomic E-state index is -0.0463. The number of rotatable bonds is 1. The number of carbonyl (C=O) groups excluding carboxylic acids is 1. The van der Waals surface area contributed by atoms with Gasteiger partial charge in [-0.05, 0) is 56.4 Å². The normalized spacial score (nSPS) is 23.1. The van der Waals surface area contributed by atoms with Crippen LogP contribution in [0.25, 0.3) is 15.9 Å². The highest BCUT2D eigenvalue weighted by molar-refractivity contribution is 7.19. The molecule has 1 aliphatic carbocycles. The number of piperidine rings is 1. The first kappa shape index (κ1) is 17.1. The van der Waals surface area contributed by atoms with E-state index in [1.54, 1.807) is 15.9 Å². The number of hydrogen-bond donors (Lipinski definition) is 0. The molecule has 142 valence electrons. The van der Waals surface area contributed by atoms with Crippen LogP contribution in [0.1, 0.15) is 72.3 Å². The summed E-state index contributed by atoms with van der Waals surface area (Å²) in [4.78, 5) is 26.9. The molecule has 0 saturated carbocycles. The van der Waals surface area contributed by atoms with Crippen LogP contribution in [0.2, 0.25) is 0 Å². The van der Waals surface area contributed by atoms with Crippen molar-refractivity contribution < 1.29 is 4.79 Å². The Morgan fingerprint density at radius 2 is 2.04 bits per heavy atom. The Bertz CT molecular complexity index is 1050. The Kier molecular flexibility index (Phi) is 3.96. The highest BCUT2D eigenvalue weighted by Crippen LogP contribution is 2.42. The smallest absolute Gasteiger partial charge is 0.293 e. The van der Waals surface area contributed by atoms with Crippen LogP contribution in [-0.2, 0) is 6.42 Å². The molecule has 27 heavy (non-hydrogen) atoms. The second-order valence-corrected chi connectivity index (χ2v) is 9.32. The number of amides is 1. The van der Waals surface area contributed by atoms with Crippen molar-refractivity contribution in [1.82, 2.24) is 24.5 Å². The summed E-state index contributed by atoms with van der Waals surface area (Å²) in [6.45, 7) is 8.04. The topological polar surface area (TPSA) is 63.4 Å². The quantitative estimate of drug-likeness (QED) is 0.638. The SMILES string of the molecule is Cc1nc2sc3c(c2c2nc(C(=O)N4CCC[C@@H](C)C4)nn12)[C@@H](C)CCC3. The second-order valence-electron chi connectivity index (χ2n) is 8.24. The number of aryl methyl sites for hydroxylation is 2. The monoisotopic (exact) mass is 383 g/mol. The van der Waals surface area contributed by atoms with E-state index in [4.69, 9.17) is 9.97 Å². The standard InChI is InChI=1S/C20H25N5OS/c1-11-6-5-9-24(10-11)20(26)17-22-18-16-15-12(2)7-4-8-14(15)27-19(16)21-13(3)25(18)23-17/h11-12H,4-10H2,1-3H3/t11-,12+/m1/s1. The zero-order chi connectivity index (χ0) is 18.7. The fraction of sp³-hybridized carbons (Fsp3) is 0.600. The van der Waals surface area contributed by atoms with Crippen LogP contribution in [0.4, 0.5) is 0 Å². The van der Waals surface area contributed by atoms with Gasteiger partial charge in [0.1, 0.15) is 10.7 Å². The lowest BCUT2D eigenvalue weighted by molar-refractivity contribution is 0.0671. The summed E-state index contributed by atoms with van der Waals surface area (Å²) >= 11 is 1.79. The molecule has 3 aromatic heterocycles. The van der Waals surface area contributed by atoms with Crippen LogP contribution in [0, 0.1) is 12.8 Å². The third-order valence-electron chi connectivity index (χ3n) is 6.07. The van der Waals surface area contributed by atoms with Crippen LogP contribution >= 0.6 is 11.3 Å². The predicted molar refractivity (Wildman–Crippen MR) is 107 cm³/mol. The van der Waals surface area contributed by atoms with Gasteiger partial charge in [-0.15, -0.1) is 16.4 Å². The zero-order valence-electron chi connectivity index (χ0n) is 16.2. The Morgan fingerprint density at radius 3 is 2.85 bits per heavy atom. The number of carbonyl (C=O) groups is 1. The highest BCUT2D eigenvalue weighted by Gasteiger charge is 2.29. The predicted octanol–water partition coefficient (Wildman–Crippen LogP) is 3.96. The van der Waals surface area contributed by atoms with E-state index in [2.05, 4.69) is 18.9 Å². The van der Waals surface area contributed by atoms with Gasteiger partial charge in [-0.1, -0.05) is 13.8 Å². The van der Waals surface area contributed by atoms with Crippen molar-refractivity contribution in [3.8, 4) is 0 Å². The number of hydrogen-bond acceptors (Lipinski definition) is 5. The molecule has 3 aromatic rings. The van der Waals surface area contributed by atoms with Crippen LogP contribution in [-0.4, -0.2) is 43.5 Å². The largest absolute Gasteiger partial charge is 0.336 e.